The van der Waals surface area contributed by atoms with Crippen molar-refractivity contribution in [1.29, 1.82) is 0 Å². The predicted octanol–water partition coefficient (Wildman–Crippen LogP) is 2.48. The van der Waals surface area contributed by atoms with Crippen molar-refractivity contribution in [1.82, 2.24) is 10.6 Å². The van der Waals surface area contributed by atoms with E-state index in [0.717, 1.165) is 37.9 Å². The van der Waals surface area contributed by atoms with Gasteiger partial charge in [0.1, 0.15) is 12.2 Å². The van der Waals surface area contributed by atoms with Crippen LogP contribution >= 0.6 is 0 Å². The molecule has 9 heteroatoms. The molecular weight excluding hydrogens is 484 g/mol. The van der Waals surface area contributed by atoms with Gasteiger partial charge in [0, 0.05) is 44.7 Å². The van der Waals surface area contributed by atoms with Crippen molar-refractivity contribution in [3.05, 3.63) is 23.8 Å². The summed E-state index contributed by atoms with van der Waals surface area (Å²) in [6, 6.07) is 5.39. The van der Waals surface area contributed by atoms with Crippen molar-refractivity contribution in [3.8, 4) is 23.3 Å². The van der Waals surface area contributed by atoms with Crippen LogP contribution in [0.3, 0.4) is 0 Å². The van der Waals surface area contributed by atoms with Gasteiger partial charge in [-0.05, 0) is 69.3 Å². The highest BCUT2D eigenvalue weighted by molar-refractivity contribution is 5.77. The van der Waals surface area contributed by atoms with Gasteiger partial charge < -0.3 is 36.1 Å². The van der Waals surface area contributed by atoms with Gasteiger partial charge >= 0.3 is 5.97 Å². The number of aliphatic imine (C=N–C) groups is 1. The van der Waals surface area contributed by atoms with Crippen molar-refractivity contribution in [2.45, 2.75) is 83.5 Å². The lowest BCUT2D eigenvalue weighted by Gasteiger charge is -2.32. The molecule has 3 rings (SSSR count). The smallest absolute Gasteiger partial charge is 0.302 e. The van der Waals surface area contributed by atoms with Gasteiger partial charge in [-0.15, -0.1) is 5.92 Å². The first kappa shape index (κ1) is 29.6. The molecule has 1 aliphatic heterocycles. The number of esters is 1. The van der Waals surface area contributed by atoms with Crippen LogP contribution in [0.4, 0.5) is 0 Å². The van der Waals surface area contributed by atoms with E-state index in [2.05, 4.69) is 34.4 Å². The second kappa shape index (κ2) is 14.3. The van der Waals surface area contributed by atoms with Crippen LogP contribution in [0.15, 0.2) is 23.2 Å². The number of aliphatic hydroxyl groups excluding tert-OH is 1. The van der Waals surface area contributed by atoms with Crippen LogP contribution in [-0.2, 0) is 16.0 Å². The number of ether oxygens (including phenoxy) is 2. The number of nitrogens with one attached hydrogen (secondary N) is 2. The number of nitrogens with two attached hydrogens (primary N) is 1. The van der Waals surface area contributed by atoms with Gasteiger partial charge in [-0.3, -0.25) is 9.79 Å². The van der Waals surface area contributed by atoms with Crippen molar-refractivity contribution in [3.63, 3.8) is 0 Å². The minimum absolute atomic E-state index is 0.0587. The molecule has 4 unspecified atom stereocenters. The standard InChI is InChI=1S/C29H44N4O5/c1-4-29(19-33-28(30)31-3)12-5-6-22(26(37-20(2)34)18-23(35)9-13-29)16-21-7-8-25(36)27(17-21)38-24-10-14-32-15-11-24/h7-8,17,22-24,26,32,35-36H,4,6,9-11,13-16,18-19H2,1-3H3,(H3,30,31,33). The molecule has 0 saturated carbocycles. The quantitative estimate of drug-likeness (QED) is 0.150. The van der Waals surface area contributed by atoms with E-state index in [-0.39, 0.29) is 29.2 Å². The molecule has 0 radical (unpaired) electrons. The Morgan fingerprint density at radius 3 is 2.76 bits per heavy atom. The molecule has 0 bridgehead atoms. The van der Waals surface area contributed by atoms with Crippen LogP contribution in [0.2, 0.25) is 0 Å². The Labute approximate surface area is 226 Å². The Hall–Kier alpha value is -2.96. The molecule has 9 nitrogen and oxygen atoms in total. The highest BCUT2D eigenvalue weighted by atomic mass is 16.5. The number of piperidine rings is 1. The number of phenols is 1. The summed E-state index contributed by atoms with van der Waals surface area (Å²) in [5.41, 5.74) is 6.47. The number of guanidine groups is 1. The number of phenolic OH excluding ortho intramolecular Hbond substituents is 1. The van der Waals surface area contributed by atoms with Gasteiger partial charge in [-0.1, -0.05) is 18.9 Å². The molecule has 0 aromatic heterocycles. The van der Waals surface area contributed by atoms with E-state index < -0.39 is 12.2 Å². The number of aromatic hydroxyl groups is 1. The van der Waals surface area contributed by atoms with Gasteiger partial charge in [0.05, 0.1) is 6.10 Å². The molecule has 0 spiro atoms. The van der Waals surface area contributed by atoms with Crippen molar-refractivity contribution in [2.75, 3.05) is 26.7 Å². The molecule has 4 atom stereocenters. The average Bonchev–Trinajstić information content (AvgIpc) is 2.90. The minimum atomic E-state index is -0.636. The summed E-state index contributed by atoms with van der Waals surface area (Å²) >= 11 is 0. The predicted molar refractivity (Wildman–Crippen MR) is 148 cm³/mol. The third-order valence-corrected chi connectivity index (χ3v) is 7.65. The van der Waals surface area contributed by atoms with Gasteiger partial charge in [0.2, 0.25) is 0 Å². The summed E-state index contributed by atoms with van der Waals surface area (Å²) in [5, 5.41) is 27.9. The summed E-state index contributed by atoms with van der Waals surface area (Å²) in [5.74, 6) is 7.29. The lowest BCUT2D eigenvalue weighted by atomic mass is 9.77. The number of hydrogen-bond donors (Lipinski definition) is 5. The van der Waals surface area contributed by atoms with Crippen molar-refractivity contribution < 1.29 is 24.5 Å². The maximum absolute atomic E-state index is 12.0. The van der Waals surface area contributed by atoms with Crippen LogP contribution in [0, 0.1) is 23.2 Å². The fourth-order valence-electron chi connectivity index (χ4n) is 5.18. The second-order valence-corrected chi connectivity index (χ2v) is 10.5. The minimum Gasteiger partial charge on any atom is -0.504 e. The molecule has 210 valence electrons. The second-order valence-electron chi connectivity index (χ2n) is 10.5. The normalized spacial score (nSPS) is 27.1. The Balaban J connectivity index is 1.85. The first-order valence-electron chi connectivity index (χ1n) is 13.7. The topological polar surface area (TPSA) is 138 Å². The average molecular weight is 529 g/mol. The van der Waals surface area contributed by atoms with Crippen LogP contribution in [0.1, 0.15) is 64.4 Å². The number of hydrogen-bond acceptors (Lipinski definition) is 7. The van der Waals surface area contributed by atoms with E-state index >= 15 is 0 Å². The zero-order chi connectivity index (χ0) is 27.5. The first-order valence-corrected chi connectivity index (χ1v) is 13.7. The summed E-state index contributed by atoms with van der Waals surface area (Å²) < 4.78 is 11.9. The van der Waals surface area contributed by atoms with E-state index in [4.69, 9.17) is 15.2 Å². The van der Waals surface area contributed by atoms with E-state index in [1.165, 1.54) is 6.92 Å². The fraction of sp³-hybridized carbons (Fsp3) is 0.655. The van der Waals surface area contributed by atoms with E-state index in [1.54, 1.807) is 13.1 Å². The fourth-order valence-corrected chi connectivity index (χ4v) is 5.18. The number of benzene rings is 1. The lowest BCUT2D eigenvalue weighted by Crippen LogP contribution is -2.41. The molecule has 1 heterocycles. The number of carbonyl (C=O) groups excluding carboxylic acids is 1. The van der Waals surface area contributed by atoms with Crippen LogP contribution < -0.4 is 21.1 Å². The Bertz CT molecular complexity index is 1010. The molecule has 0 amide bonds. The number of aliphatic hydroxyl groups is 1. The highest BCUT2D eigenvalue weighted by Gasteiger charge is 2.32. The molecule has 1 fully saturated rings. The number of rotatable bonds is 8. The largest absolute Gasteiger partial charge is 0.504 e. The van der Waals surface area contributed by atoms with E-state index in [9.17, 15) is 15.0 Å². The molecule has 6 N–H and O–H groups in total. The highest BCUT2D eigenvalue weighted by Crippen LogP contribution is 2.34. The first-order chi connectivity index (χ1) is 18.2. The third kappa shape index (κ3) is 8.81. The summed E-state index contributed by atoms with van der Waals surface area (Å²) in [4.78, 5) is 16.0. The number of nitrogens with zero attached hydrogens (tertiary/aromatic N) is 1. The van der Waals surface area contributed by atoms with Gasteiger partial charge in [0.25, 0.3) is 0 Å². The van der Waals surface area contributed by atoms with Gasteiger partial charge in [-0.2, -0.15) is 0 Å². The summed E-state index contributed by atoms with van der Waals surface area (Å²) in [6.07, 6.45) is 4.14. The zero-order valence-electron chi connectivity index (χ0n) is 23.0. The molecule has 38 heavy (non-hydrogen) atoms. The van der Waals surface area contributed by atoms with Gasteiger partial charge in [-0.25, -0.2) is 0 Å². The maximum Gasteiger partial charge on any atom is 0.302 e. The molecule has 1 saturated heterocycles. The van der Waals surface area contributed by atoms with Gasteiger partial charge in [0.15, 0.2) is 17.5 Å². The molecule has 1 aliphatic carbocycles. The molecular formula is C29H44N4O5. The Morgan fingerprint density at radius 1 is 1.32 bits per heavy atom. The Morgan fingerprint density at radius 2 is 2.08 bits per heavy atom. The summed E-state index contributed by atoms with van der Waals surface area (Å²) in [6.45, 7) is 5.82. The SMILES string of the molecule is CCC1(CNC(N)=NC)C#CCC(Cc2ccc(O)c(OC3CCNCC3)c2)C(OC(C)=O)CC(O)CC1. The van der Waals surface area contributed by atoms with Crippen LogP contribution in [0.5, 0.6) is 11.5 Å². The zero-order valence-corrected chi connectivity index (χ0v) is 23.0. The van der Waals surface area contributed by atoms with E-state index in [1.807, 2.05) is 12.1 Å². The van der Waals surface area contributed by atoms with Crippen LogP contribution in [-0.4, -0.2) is 67.1 Å². The molecule has 1 aromatic rings. The summed E-state index contributed by atoms with van der Waals surface area (Å²) in [7, 11) is 1.63. The molecule has 2 aliphatic rings. The lowest BCUT2D eigenvalue weighted by molar-refractivity contribution is -0.151. The maximum atomic E-state index is 12.0. The van der Waals surface area contributed by atoms with Crippen molar-refractivity contribution in [2.24, 2.45) is 22.1 Å². The van der Waals surface area contributed by atoms with E-state index in [0.29, 0.717) is 50.4 Å². The Kier molecular flexibility index (Phi) is 11.1. The number of carbonyl (C=O) groups is 1. The monoisotopic (exact) mass is 528 g/mol. The molecule has 1 aromatic carbocycles. The third-order valence-electron chi connectivity index (χ3n) is 7.65. The van der Waals surface area contributed by atoms with Crippen LogP contribution in [0.25, 0.3) is 0 Å². The van der Waals surface area contributed by atoms with Crippen molar-refractivity contribution >= 4 is 11.9 Å².